The molecular formula is C34H40N2O3. The van der Waals surface area contributed by atoms with Gasteiger partial charge in [-0.15, -0.1) is 0 Å². The Morgan fingerprint density at radius 1 is 0.949 bits per heavy atom. The largest absolute Gasteiger partial charge is 0.488 e. The number of hydrogen-bond donors (Lipinski definition) is 1. The quantitative estimate of drug-likeness (QED) is 0.219. The minimum Gasteiger partial charge on any atom is -0.488 e. The normalized spacial score (nSPS) is 21.5. The highest BCUT2D eigenvalue weighted by molar-refractivity contribution is 5.75. The Bertz CT molecular complexity index is 1370. The predicted octanol–water partition coefficient (Wildman–Crippen LogP) is 7.65. The van der Waals surface area contributed by atoms with Crippen molar-refractivity contribution in [3.63, 3.8) is 0 Å². The summed E-state index contributed by atoms with van der Waals surface area (Å²) in [5.74, 6) is 2.01. The molecule has 0 aliphatic carbocycles. The van der Waals surface area contributed by atoms with Crippen LogP contribution in [0.2, 0.25) is 0 Å². The first-order chi connectivity index (χ1) is 18.8. The summed E-state index contributed by atoms with van der Waals surface area (Å²) in [6, 6.07) is 18.7. The van der Waals surface area contributed by atoms with E-state index in [0.29, 0.717) is 13.2 Å². The third kappa shape index (κ3) is 6.04. The number of benzene rings is 3. The van der Waals surface area contributed by atoms with Gasteiger partial charge in [0.2, 0.25) is 0 Å². The summed E-state index contributed by atoms with van der Waals surface area (Å²) in [7, 11) is 0. The van der Waals surface area contributed by atoms with E-state index in [1.807, 2.05) is 36.6 Å². The molecule has 0 saturated carbocycles. The number of anilines is 1. The third-order valence-electron chi connectivity index (χ3n) is 8.17. The smallest absolute Gasteiger partial charge is 0.127 e. The van der Waals surface area contributed by atoms with Crippen molar-refractivity contribution in [3.05, 3.63) is 100 Å². The fraction of sp³-hybridized carbons (Fsp3) is 0.382. The van der Waals surface area contributed by atoms with Crippen molar-refractivity contribution in [2.45, 2.75) is 78.0 Å². The van der Waals surface area contributed by atoms with Gasteiger partial charge < -0.3 is 9.47 Å². The van der Waals surface area contributed by atoms with Crippen LogP contribution in [0.4, 0.5) is 5.69 Å². The van der Waals surface area contributed by atoms with E-state index in [9.17, 15) is 0 Å². The summed E-state index contributed by atoms with van der Waals surface area (Å²) < 4.78 is 13.2. The SMILES string of the molecule is Cc1c(C)c2c(c(C)c1OCc1ccccc1)CCC(C)(Cc1ccccc1NOCCC1(C)C=CC=N1)O2. The molecule has 0 saturated heterocycles. The summed E-state index contributed by atoms with van der Waals surface area (Å²) in [5, 5.41) is 0. The summed E-state index contributed by atoms with van der Waals surface area (Å²) in [6.45, 7) is 11.9. The van der Waals surface area contributed by atoms with E-state index in [1.165, 1.54) is 22.3 Å². The molecule has 5 rings (SSSR count). The van der Waals surface area contributed by atoms with E-state index in [1.54, 1.807) is 0 Å². The Kier molecular flexibility index (Phi) is 7.81. The number of hydrogen-bond acceptors (Lipinski definition) is 5. The van der Waals surface area contributed by atoms with Crippen LogP contribution in [0.1, 0.15) is 60.1 Å². The molecule has 5 nitrogen and oxygen atoms in total. The molecule has 3 aromatic carbocycles. The Labute approximate surface area is 232 Å². The van der Waals surface area contributed by atoms with Crippen molar-refractivity contribution >= 4 is 11.9 Å². The molecule has 2 unspecified atom stereocenters. The molecule has 204 valence electrons. The van der Waals surface area contributed by atoms with Gasteiger partial charge in [-0.1, -0.05) is 54.6 Å². The number of rotatable bonds is 10. The average molecular weight is 525 g/mol. The lowest BCUT2D eigenvalue weighted by Gasteiger charge is -2.38. The Hall–Kier alpha value is -3.57. The molecule has 0 spiro atoms. The van der Waals surface area contributed by atoms with Gasteiger partial charge in [0.1, 0.15) is 23.7 Å². The zero-order valence-electron chi connectivity index (χ0n) is 23.8. The summed E-state index contributed by atoms with van der Waals surface area (Å²) >= 11 is 0. The molecule has 0 fully saturated rings. The first-order valence-corrected chi connectivity index (χ1v) is 13.9. The number of nitrogens with one attached hydrogen (secondary N) is 1. The maximum absolute atomic E-state index is 6.85. The molecule has 1 N–H and O–H groups in total. The molecule has 5 heteroatoms. The monoisotopic (exact) mass is 524 g/mol. The Balaban J connectivity index is 1.28. The van der Waals surface area contributed by atoms with Gasteiger partial charge in [0, 0.05) is 24.6 Å². The molecule has 2 aliphatic heterocycles. The van der Waals surface area contributed by atoms with Crippen LogP contribution in [0.3, 0.4) is 0 Å². The van der Waals surface area contributed by atoms with Crippen LogP contribution in [0.25, 0.3) is 0 Å². The topological polar surface area (TPSA) is 52.1 Å². The van der Waals surface area contributed by atoms with E-state index in [4.69, 9.17) is 14.3 Å². The lowest BCUT2D eigenvalue weighted by Crippen LogP contribution is -2.39. The molecule has 3 aromatic rings. The van der Waals surface area contributed by atoms with Gasteiger partial charge in [-0.3, -0.25) is 15.3 Å². The van der Waals surface area contributed by atoms with Crippen LogP contribution in [-0.2, 0) is 24.3 Å². The molecule has 0 amide bonds. The van der Waals surface area contributed by atoms with Gasteiger partial charge in [0.05, 0.1) is 17.8 Å². The van der Waals surface area contributed by atoms with Crippen molar-refractivity contribution in [2.24, 2.45) is 4.99 Å². The van der Waals surface area contributed by atoms with Gasteiger partial charge in [-0.05, 0) is 87.4 Å². The predicted molar refractivity (Wildman–Crippen MR) is 159 cm³/mol. The van der Waals surface area contributed by atoms with E-state index >= 15 is 0 Å². The van der Waals surface area contributed by atoms with Crippen LogP contribution in [0.5, 0.6) is 11.5 Å². The van der Waals surface area contributed by atoms with Gasteiger partial charge in [-0.2, -0.15) is 0 Å². The highest BCUT2D eigenvalue weighted by Gasteiger charge is 2.35. The van der Waals surface area contributed by atoms with Gasteiger partial charge in [0.25, 0.3) is 0 Å². The van der Waals surface area contributed by atoms with Crippen molar-refractivity contribution in [1.82, 2.24) is 0 Å². The number of fused-ring (bicyclic) bond motifs is 1. The standard InChI is InChI=1S/C34H40N2O3/c1-24-25(2)32-29(26(3)31(24)37-23-27-12-7-6-8-13-27)16-18-34(5,39-32)22-28-14-9-10-15-30(28)36-38-21-19-33(4)17-11-20-35-33/h6-15,17,20,36H,16,18-19,21-23H2,1-5H3. The van der Waals surface area contributed by atoms with E-state index in [-0.39, 0.29) is 11.1 Å². The lowest BCUT2D eigenvalue weighted by molar-refractivity contribution is 0.0638. The number of ether oxygens (including phenoxy) is 2. The minimum atomic E-state index is -0.322. The van der Waals surface area contributed by atoms with Crippen LogP contribution in [0.15, 0.2) is 71.7 Å². The molecule has 0 aromatic heterocycles. The lowest BCUT2D eigenvalue weighted by atomic mass is 9.84. The highest BCUT2D eigenvalue weighted by Crippen LogP contribution is 2.45. The number of para-hydroxylation sites is 1. The van der Waals surface area contributed by atoms with Crippen LogP contribution < -0.4 is 15.0 Å². The van der Waals surface area contributed by atoms with Crippen molar-refractivity contribution in [1.29, 1.82) is 0 Å². The molecule has 39 heavy (non-hydrogen) atoms. The van der Waals surface area contributed by atoms with Crippen molar-refractivity contribution < 1.29 is 14.3 Å². The molecule has 2 aliphatic rings. The zero-order valence-corrected chi connectivity index (χ0v) is 23.8. The Morgan fingerprint density at radius 3 is 2.49 bits per heavy atom. The first-order valence-electron chi connectivity index (χ1n) is 13.9. The second-order valence-electron chi connectivity index (χ2n) is 11.4. The second kappa shape index (κ2) is 11.3. The van der Waals surface area contributed by atoms with Gasteiger partial charge in [0.15, 0.2) is 0 Å². The second-order valence-corrected chi connectivity index (χ2v) is 11.4. The number of aliphatic imine (C=N–C) groups is 1. The summed E-state index contributed by atoms with van der Waals surface area (Å²) in [4.78, 5) is 10.4. The van der Waals surface area contributed by atoms with E-state index < -0.39 is 0 Å². The van der Waals surface area contributed by atoms with Gasteiger partial charge in [-0.25, -0.2) is 0 Å². The molecule has 2 atom stereocenters. The molecule has 0 radical (unpaired) electrons. The number of allylic oxidation sites excluding steroid dienone is 1. The molecule has 2 heterocycles. The number of nitrogens with zero attached hydrogens (tertiary/aromatic N) is 1. The summed E-state index contributed by atoms with van der Waals surface area (Å²) in [5.41, 5.74) is 10.8. The van der Waals surface area contributed by atoms with Crippen molar-refractivity contribution in [2.75, 3.05) is 12.1 Å². The molecule has 0 bridgehead atoms. The van der Waals surface area contributed by atoms with Crippen LogP contribution in [0, 0.1) is 20.8 Å². The maximum atomic E-state index is 6.85. The minimum absolute atomic E-state index is 0.168. The third-order valence-corrected chi connectivity index (χ3v) is 8.17. The Morgan fingerprint density at radius 2 is 1.72 bits per heavy atom. The highest BCUT2D eigenvalue weighted by atomic mass is 16.6. The maximum Gasteiger partial charge on any atom is 0.127 e. The van der Waals surface area contributed by atoms with Crippen LogP contribution in [-0.4, -0.2) is 24.0 Å². The average Bonchev–Trinajstić information content (AvgIpc) is 3.37. The van der Waals surface area contributed by atoms with Crippen LogP contribution >= 0.6 is 0 Å². The fourth-order valence-corrected chi connectivity index (χ4v) is 5.57. The zero-order chi connectivity index (χ0) is 27.5. The van der Waals surface area contributed by atoms with E-state index in [0.717, 1.165) is 54.0 Å². The summed E-state index contributed by atoms with van der Waals surface area (Å²) in [6.07, 6.45) is 9.46. The first kappa shape index (κ1) is 27.0. The van der Waals surface area contributed by atoms with E-state index in [2.05, 4.69) is 81.5 Å². The van der Waals surface area contributed by atoms with Crippen molar-refractivity contribution in [3.8, 4) is 11.5 Å². The fourth-order valence-electron chi connectivity index (χ4n) is 5.57. The molecular weight excluding hydrogens is 484 g/mol. The van der Waals surface area contributed by atoms with Gasteiger partial charge >= 0.3 is 0 Å².